The average molecular weight is 318 g/mol. The van der Waals surface area contributed by atoms with Gasteiger partial charge < -0.3 is 15.1 Å². The number of hydrogen-bond donors (Lipinski definition) is 2. The topological polar surface area (TPSA) is 121 Å². The van der Waals surface area contributed by atoms with Crippen molar-refractivity contribution >= 4 is 23.3 Å². The molecule has 1 heterocycles. The maximum absolute atomic E-state index is 11.4. The molecule has 0 unspecified atom stereocenters. The van der Waals surface area contributed by atoms with E-state index in [1.165, 1.54) is 36.9 Å². The highest BCUT2D eigenvalue weighted by Crippen LogP contribution is 2.39. The van der Waals surface area contributed by atoms with Gasteiger partial charge in [-0.3, -0.25) is 10.1 Å². The van der Waals surface area contributed by atoms with Gasteiger partial charge in [-0.1, -0.05) is 12.1 Å². The number of rotatable bonds is 4. The molecule has 2 rings (SSSR count). The molecular formula is C15H14N2O6. The van der Waals surface area contributed by atoms with Crippen LogP contribution in [0.1, 0.15) is 20.3 Å². The van der Waals surface area contributed by atoms with Gasteiger partial charge in [0.2, 0.25) is 0 Å². The number of para-hydroxylation sites is 2. The fourth-order valence-corrected chi connectivity index (χ4v) is 2.58. The van der Waals surface area contributed by atoms with Crippen LogP contribution in [-0.2, 0) is 9.59 Å². The van der Waals surface area contributed by atoms with Gasteiger partial charge in [-0.05, 0) is 19.9 Å². The number of carbonyl (C=O) groups is 2. The van der Waals surface area contributed by atoms with Crippen LogP contribution in [-0.4, -0.2) is 27.1 Å². The first-order valence-corrected chi connectivity index (χ1v) is 6.65. The van der Waals surface area contributed by atoms with E-state index in [4.69, 9.17) is 0 Å². The molecule has 0 bridgehead atoms. The summed E-state index contributed by atoms with van der Waals surface area (Å²) in [5.41, 5.74) is 0.202. The summed E-state index contributed by atoms with van der Waals surface area (Å²) in [6.45, 7) is 3.00. The number of hydrogen-bond acceptors (Lipinski definition) is 5. The van der Waals surface area contributed by atoms with Gasteiger partial charge in [-0.25, -0.2) is 9.59 Å². The zero-order chi connectivity index (χ0) is 17.3. The molecule has 0 spiro atoms. The van der Waals surface area contributed by atoms with Crippen LogP contribution in [0, 0.1) is 10.1 Å². The minimum atomic E-state index is -1.25. The minimum Gasteiger partial charge on any atom is -0.478 e. The third-order valence-corrected chi connectivity index (χ3v) is 3.73. The van der Waals surface area contributed by atoms with Crippen molar-refractivity contribution in [2.24, 2.45) is 0 Å². The van der Waals surface area contributed by atoms with Gasteiger partial charge in [0.1, 0.15) is 5.69 Å². The zero-order valence-corrected chi connectivity index (χ0v) is 12.4. The van der Waals surface area contributed by atoms with E-state index >= 15 is 0 Å². The summed E-state index contributed by atoms with van der Waals surface area (Å²) in [4.78, 5) is 34.7. The lowest BCUT2D eigenvalue weighted by Crippen LogP contribution is -2.30. The fourth-order valence-electron chi connectivity index (χ4n) is 2.58. The van der Waals surface area contributed by atoms with Gasteiger partial charge in [0.05, 0.1) is 16.1 Å². The Bertz CT molecular complexity index is 742. The quantitative estimate of drug-likeness (QED) is 0.646. The molecule has 0 aromatic heterocycles. The minimum absolute atomic E-state index is 0.105. The second-order valence-electron chi connectivity index (χ2n) is 5.00. The standard InChI is InChI=1S/C15H14N2O6/c1-8-10(14(18)19)7-11(15(20)21)9(2)16(8)12-5-3-4-6-13(12)17(22)23/h3-6H,7H2,1-2H3,(H,18,19)(H,20,21). The van der Waals surface area contributed by atoms with E-state index in [0.29, 0.717) is 0 Å². The van der Waals surface area contributed by atoms with Crippen LogP contribution in [0.5, 0.6) is 0 Å². The number of carboxylic acid groups (broad SMARTS) is 2. The lowest BCUT2D eigenvalue weighted by atomic mass is 9.96. The summed E-state index contributed by atoms with van der Waals surface area (Å²) in [5.74, 6) is -2.50. The Labute approximate surface area is 131 Å². The number of allylic oxidation sites excluding steroid dienone is 2. The predicted octanol–water partition coefficient (Wildman–Crippen LogP) is 2.52. The highest BCUT2D eigenvalue weighted by Gasteiger charge is 2.32. The second-order valence-corrected chi connectivity index (χ2v) is 5.00. The number of aliphatic carboxylic acids is 2. The summed E-state index contributed by atoms with van der Waals surface area (Å²) in [6, 6.07) is 5.79. The molecule has 0 fully saturated rings. The summed E-state index contributed by atoms with van der Waals surface area (Å²) >= 11 is 0. The van der Waals surface area contributed by atoms with Crippen LogP contribution in [0.3, 0.4) is 0 Å². The fraction of sp³-hybridized carbons (Fsp3) is 0.200. The van der Waals surface area contributed by atoms with Crippen LogP contribution in [0.2, 0.25) is 0 Å². The van der Waals surface area contributed by atoms with Gasteiger partial charge in [0.25, 0.3) is 5.69 Å². The summed E-state index contributed by atoms with van der Waals surface area (Å²) < 4.78 is 0. The Morgan fingerprint density at radius 3 is 2.00 bits per heavy atom. The first-order valence-electron chi connectivity index (χ1n) is 6.65. The molecule has 2 N–H and O–H groups in total. The lowest BCUT2D eigenvalue weighted by Gasteiger charge is -2.32. The zero-order valence-electron chi connectivity index (χ0n) is 12.4. The number of anilines is 1. The Morgan fingerprint density at radius 2 is 1.57 bits per heavy atom. The molecule has 120 valence electrons. The van der Waals surface area contributed by atoms with Crippen molar-refractivity contribution in [3.63, 3.8) is 0 Å². The van der Waals surface area contributed by atoms with Crippen LogP contribution in [0.4, 0.5) is 11.4 Å². The van der Waals surface area contributed by atoms with E-state index in [2.05, 4.69) is 0 Å². The van der Waals surface area contributed by atoms with Crippen molar-refractivity contribution < 1.29 is 24.7 Å². The number of nitrogens with zero attached hydrogens (tertiary/aromatic N) is 2. The van der Waals surface area contributed by atoms with E-state index in [1.54, 1.807) is 6.07 Å². The SMILES string of the molecule is CC1=C(C(=O)O)CC(C(=O)O)=C(C)N1c1ccccc1[N+](=O)[O-]. The van der Waals surface area contributed by atoms with E-state index in [9.17, 15) is 29.9 Å². The molecule has 23 heavy (non-hydrogen) atoms. The first kappa shape index (κ1) is 16.2. The maximum Gasteiger partial charge on any atom is 0.333 e. The van der Waals surface area contributed by atoms with Crippen molar-refractivity contribution in [2.45, 2.75) is 20.3 Å². The van der Waals surface area contributed by atoms with Crippen molar-refractivity contribution in [2.75, 3.05) is 4.90 Å². The van der Waals surface area contributed by atoms with Crippen LogP contribution in [0.25, 0.3) is 0 Å². The average Bonchev–Trinajstić information content (AvgIpc) is 2.47. The molecule has 0 radical (unpaired) electrons. The van der Waals surface area contributed by atoms with E-state index in [0.717, 1.165) is 0 Å². The molecule has 0 atom stereocenters. The molecule has 1 aromatic carbocycles. The van der Waals surface area contributed by atoms with Gasteiger partial charge in [0, 0.05) is 23.9 Å². The molecule has 0 saturated heterocycles. The van der Waals surface area contributed by atoms with E-state index in [1.807, 2.05) is 0 Å². The van der Waals surface area contributed by atoms with Gasteiger partial charge in [-0.2, -0.15) is 0 Å². The summed E-state index contributed by atoms with van der Waals surface area (Å²) in [7, 11) is 0. The number of nitro groups is 1. The molecule has 0 amide bonds. The number of nitro benzene ring substituents is 1. The predicted molar refractivity (Wildman–Crippen MR) is 80.9 cm³/mol. The molecular weight excluding hydrogens is 304 g/mol. The van der Waals surface area contributed by atoms with Crippen molar-refractivity contribution in [1.82, 2.24) is 0 Å². The van der Waals surface area contributed by atoms with Gasteiger partial charge >= 0.3 is 11.9 Å². The molecule has 1 aliphatic heterocycles. The third kappa shape index (κ3) is 2.78. The molecule has 8 heteroatoms. The monoisotopic (exact) mass is 318 g/mol. The molecule has 0 saturated carbocycles. The largest absolute Gasteiger partial charge is 0.478 e. The first-order chi connectivity index (χ1) is 10.8. The van der Waals surface area contributed by atoms with Crippen LogP contribution >= 0.6 is 0 Å². The Balaban J connectivity index is 2.75. The second kappa shape index (κ2) is 5.91. The Morgan fingerprint density at radius 1 is 1.09 bits per heavy atom. The highest BCUT2D eigenvalue weighted by atomic mass is 16.6. The van der Waals surface area contributed by atoms with Gasteiger partial charge in [-0.15, -0.1) is 0 Å². The van der Waals surface area contributed by atoms with Crippen molar-refractivity contribution in [1.29, 1.82) is 0 Å². The normalized spacial score (nSPS) is 15.0. The van der Waals surface area contributed by atoms with Crippen molar-refractivity contribution in [3.05, 3.63) is 56.9 Å². The molecule has 1 aromatic rings. The molecule has 1 aliphatic rings. The highest BCUT2D eigenvalue weighted by molar-refractivity contribution is 5.97. The van der Waals surface area contributed by atoms with Crippen LogP contribution in [0.15, 0.2) is 46.8 Å². The number of carboxylic acids is 2. The van der Waals surface area contributed by atoms with Crippen LogP contribution < -0.4 is 4.90 Å². The smallest absolute Gasteiger partial charge is 0.333 e. The maximum atomic E-state index is 11.4. The molecule has 8 nitrogen and oxygen atoms in total. The molecule has 0 aliphatic carbocycles. The van der Waals surface area contributed by atoms with E-state index in [-0.39, 0.29) is 40.3 Å². The Kier molecular flexibility index (Phi) is 4.17. The van der Waals surface area contributed by atoms with Gasteiger partial charge in [0.15, 0.2) is 0 Å². The lowest BCUT2D eigenvalue weighted by molar-refractivity contribution is -0.384. The third-order valence-electron chi connectivity index (χ3n) is 3.73. The number of benzene rings is 1. The van der Waals surface area contributed by atoms with Crippen molar-refractivity contribution in [3.8, 4) is 0 Å². The Hall–Kier alpha value is -3.16. The van der Waals surface area contributed by atoms with E-state index < -0.39 is 16.9 Å². The summed E-state index contributed by atoms with van der Waals surface area (Å²) in [6.07, 6.45) is -0.237. The summed E-state index contributed by atoms with van der Waals surface area (Å²) in [5, 5.41) is 29.8.